The highest BCUT2D eigenvalue weighted by Crippen LogP contribution is 2.66. The normalized spacial score (nSPS) is 22.7. The molecule has 0 saturated carbocycles. The third kappa shape index (κ3) is 10.8. The lowest BCUT2D eigenvalue weighted by Gasteiger charge is -2.44. The minimum atomic E-state index is -2.25. The Hall–Kier alpha value is -12.8. The summed E-state index contributed by atoms with van der Waals surface area (Å²) in [5.41, 5.74) is -4.32. The number of hydrogen-bond donors (Lipinski definition) is 23. The third-order valence-corrected chi connectivity index (χ3v) is 19.0. The Morgan fingerprint density at radius 2 is 0.495 bits per heavy atom. The van der Waals surface area contributed by atoms with Gasteiger partial charge in [-0.15, -0.1) is 0 Å². The summed E-state index contributed by atoms with van der Waals surface area (Å²) in [4.78, 5) is 0. The highest BCUT2D eigenvalue weighted by molar-refractivity contribution is 5.76. The molecule has 0 bridgehead atoms. The first-order valence-corrected chi connectivity index (χ1v) is 30.9. The average Bonchev–Trinajstić information content (AvgIpc) is 0.713. The number of rotatable bonds is 10. The maximum absolute atomic E-state index is 13.3. The fraction of sp³-hybridized carbons (Fsp3) is 0.162. The Morgan fingerprint density at radius 1 is 0.218 bits per heavy atom. The number of phenols is 19. The van der Waals surface area contributed by atoms with Gasteiger partial charge >= 0.3 is 0 Å². The Bertz CT molecular complexity index is 5050. The third-order valence-electron chi connectivity index (χ3n) is 19.0. The first kappa shape index (κ1) is 65.5. The summed E-state index contributed by atoms with van der Waals surface area (Å²) in [6, 6.07) is 25.2. The van der Waals surface area contributed by atoms with Gasteiger partial charge in [-0.2, -0.15) is 0 Å². The molecular weight excluding hydrogens is 1320 g/mol. The van der Waals surface area contributed by atoms with Crippen LogP contribution in [0.2, 0.25) is 0 Å². The van der Waals surface area contributed by atoms with Crippen molar-refractivity contribution in [3.63, 3.8) is 0 Å². The SMILES string of the molecule is Oc1ccc(/C=C/c2cc(O)c([C@H]3c4c(O)cc(O)c([C@H]5c6c(O)cc(O)c([C@H]7c8c(O)cc(O)c([C@H]9c%10c(O)cc(O)cc%10O[C@H](c%10ccc(O)c(O)c%10)[C@@H]9O)c8O[C@H](c8ccc(O)c(O)c8)[C@@H]7O)c6O[C@H](c6ccc(O)c(O)c6)[C@@H]5O)c4O[C@H](c4ccc(O)c(O)c4)[C@@H]3O)c(O)c2)cc1. The van der Waals surface area contributed by atoms with Crippen molar-refractivity contribution in [2.75, 3.05) is 0 Å². The van der Waals surface area contributed by atoms with Crippen molar-refractivity contribution in [3.05, 3.63) is 217 Å². The molecule has 10 aromatic carbocycles. The summed E-state index contributed by atoms with van der Waals surface area (Å²) in [7, 11) is 0. The molecule has 4 aliphatic heterocycles. The molecule has 10 aromatic rings. The van der Waals surface area contributed by atoms with Crippen LogP contribution >= 0.6 is 0 Å². The first-order chi connectivity index (χ1) is 48.1. The van der Waals surface area contributed by atoms with Gasteiger partial charge in [0.15, 0.2) is 70.4 Å². The topological polar surface area (TPSA) is 502 Å². The largest absolute Gasteiger partial charge is 0.508 e. The Labute approximate surface area is 568 Å². The van der Waals surface area contributed by atoms with Crippen molar-refractivity contribution >= 4 is 12.2 Å². The predicted molar refractivity (Wildman–Crippen MR) is 350 cm³/mol. The number of aromatic hydroxyl groups is 19. The van der Waals surface area contributed by atoms with Gasteiger partial charge in [0.2, 0.25) is 0 Å². The van der Waals surface area contributed by atoms with Gasteiger partial charge in [-0.3, -0.25) is 0 Å². The maximum Gasteiger partial charge on any atom is 0.157 e. The number of benzene rings is 10. The van der Waals surface area contributed by atoms with Crippen molar-refractivity contribution in [1.82, 2.24) is 0 Å². The molecule has 518 valence electrons. The quantitative estimate of drug-likeness (QED) is 0.0449. The molecule has 0 unspecified atom stereocenters. The fourth-order valence-corrected chi connectivity index (χ4v) is 14.4. The number of ether oxygens (including phenoxy) is 4. The second kappa shape index (κ2) is 24.3. The zero-order valence-corrected chi connectivity index (χ0v) is 51.8. The Morgan fingerprint density at radius 3 is 0.822 bits per heavy atom. The molecule has 27 heteroatoms. The van der Waals surface area contributed by atoms with Crippen LogP contribution in [-0.2, 0) is 0 Å². The molecule has 23 N–H and O–H groups in total. The lowest BCUT2D eigenvalue weighted by atomic mass is 9.71. The minimum Gasteiger partial charge on any atom is -0.508 e. The average molecular weight is 1380 g/mol. The van der Waals surface area contributed by atoms with E-state index in [4.69, 9.17) is 18.9 Å². The molecule has 0 radical (unpaired) electrons. The molecule has 0 aliphatic carbocycles. The van der Waals surface area contributed by atoms with Crippen LogP contribution in [0.5, 0.6) is 132 Å². The molecule has 27 nitrogen and oxygen atoms in total. The summed E-state index contributed by atoms with van der Waals surface area (Å²) >= 11 is 0. The van der Waals surface area contributed by atoms with Crippen LogP contribution in [0.3, 0.4) is 0 Å². The second-order valence-electron chi connectivity index (χ2n) is 25.0. The lowest BCUT2D eigenvalue weighted by molar-refractivity contribution is -0.00959. The first-order valence-electron chi connectivity index (χ1n) is 30.9. The van der Waals surface area contributed by atoms with E-state index < -0.39 is 232 Å². The summed E-state index contributed by atoms with van der Waals surface area (Å²) in [5.74, 6) is -24.6. The summed E-state index contributed by atoms with van der Waals surface area (Å²) in [6.07, 6.45) is -12.9. The van der Waals surface area contributed by atoms with Gasteiger partial charge in [-0.25, -0.2) is 0 Å². The molecule has 14 rings (SSSR count). The summed E-state index contributed by atoms with van der Waals surface area (Å²) < 4.78 is 26.3. The van der Waals surface area contributed by atoms with Gasteiger partial charge in [0.05, 0.1) is 23.7 Å². The summed E-state index contributed by atoms with van der Waals surface area (Å²) in [5, 5.41) is 270. The van der Waals surface area contributed by atoms with Gasteiger partial charge in [-0.1, -0.05) is 48.6 Å². The maximum atomic E-state index is 13.3. The highest BCUT2D eigenvalue weighted by Gasteiger charge is 2.54. The number of fused-ring (bicyclic) bond motifs is 4. The predicted octanol–water partition coefficient (Wildman–Crippen LogP) is 8.77. The molecule has 4 aliphatic rings. The molecule has 12 atom stereocenters. The zero-order valence-electron chi connectivity index (χ0n) is 51.8. The van der Waals surface area contributed by atoms with E-state index >= 15 is 0 Å². The smallest absolute Gasteiger partial charge is 0.157 e. The van der Waals surface area contributed by atoms with Gasteiger partial charge in [-0.05, 0) is 106 Å². The van der Waals surface area contributed by atoms with Gasteiger partial charge in [0.1, 0.15) is 111 Å². The number of phenolic OH excluding ortho intramolecular Hbond substituents is 19. The van der Waals surface area contributed by atoms with E-state index in [2.05, 4.69) is 0 Å². The van der Waals surface area contributed by atoms with Crippen LogP contribution in [-0.4, -0.2) is 142 Å². The van der Waals surface area contributed by atoms with Crippen molar-refractivity contribution in [2.24, 2.45) is 0 Å². The molecule has 0 spiro atoms. The van der Waals surface area contributed by atoms with Gasteiger partial charge < -0.3 is 136 Å². The summed E-state index contributed by atoms with van der Waals surface area (Å²) in [6.45, 7) is 0. The minimum absolute atomic E-state index is 0.0174. The standard InChI is InChI=1S/C74H60O27/c75-32-9-3-26(4-10-32)1-2-27-15-42(85)52(43(86)16-27)60-54-45(88)23-47(90)56(72(54)99-69(64(60)94)29-6-12-35(78)39(82)18-29)62-58-49(92)25-50(93)59(74(58)101-71(66(62)96)31-8-14-37(80)41(84)20-31)63-57-48(91)24-46(89)55(73(57)100-70(67(63)97)30-7-13-36(79)40(83)19-30)61-53-44(87)21-33(76)22-51(53)98-68(65(61)95)28-5-11-34(77)38(81)17-28/h1-25,60-71,75-97H/b2-1+/t60-,61+,62-,63+,64+,65+,66+,67+,68+,69+,70+,71+/m0/s1. The van der Waals surface area contributed by atoms with E-state index in [1.54, 1.807) is 18.2 Å². The monoisotopic (exact) mass is 1380 g/mol. The van der Waals surface area contributed by atoms with Crippen molar-refractivity contribution in [1.29, 1.82) is 0 Å². The van der Waals surface area contributed by atoms with Crippen LogP contribution in [0.4, 0.5) is 0 Å². The van der Waals surface area contributed by atoms with Crippen LogP contribution in [0, 0.1) is 0 Å². The van der Waals surface area contributed by atoms with E-state index in [0.29, 0.717) is 11.6 Å². The molecule has 4 heterocycles. The number of aliphatic hydroxyl groups excluding tert-OH is 4. The molecule has 0 fully saturated rings. The van der Waals surface area contributed by atoms with E-state index in [1.807, 2.05) is 0 Å². The molecule has 0 amide bonds. The van der Waals surface area contributed by atoms with Gasteiger partial charge in [0.25, 0.3) is 0 Å². The van der Waals surface area contributed by atoms with E-state index in [9.17, 15) is 117 Å². The fourth-order valence-electron chi connectivity index (χ4n) is 14.4. The van der Waals surface area contributed by atoms with Crippen molar-refractivity contribution in [3.8, 4) is 132 Å². The van der Waals surface area contributed by atoms with Crippen molar-refractivity contribution < 1.29 is 136 Å². The lowest BCUT2D eigenvalue weighted by Crippen LogP contribution is -2.40. The molecular formula is C74H60O27. The Balaban J connectivity index is 1.03. The van der Waals surface area contributed by atoms with Crippen molar-refractivity contribution in [2.45, 2.75) is 72.5 Å². The van der Waals surface area contributed by atoms with E-state index in [-0.39, 0.29) is 44.9 Å². The molecule has 101 heavy (non-hydrogen) atoms. The number of hydrogen-bond acceptors (Lipinski definition) is 27. The van der Waals surface area contributed by atoms with Crippen LogP contribution in [0.15, 0.2) is 140 Å². The molecule has 0 aromatic heterocycles. The van der Waals surface area contributed by atoms with E-state index in [0.717, 1.165) is 78.9 Å². The van der Waals surface area contributed by atoms with Crippen LogP contribution in [0.25, 0.3) is 12.2 Å². The van der Waals surface area contributed by atoms with Crippen LogP contribution < -0.4 is 18.9 Å². The second-order valence-corrected chi connectivity index (χ2v) is 25.0. The van der Waals surface area contributed by atoms with Crippen LogP contribution in [0.1, 0.15) is 126 Å². The molecule has 0 saturated heterocycles. The zero-order chi connectivity index (χ0) is 71.8. The van der Waals surface area contributed by atoms with Gasteiger partial charge in [0, 0.05) is 74.8 Å². The highest BCUT2D eigenvalue weighted by atomic mass is 16.5. The Kier molecular flexibility index (Phi) is 15.8. The van der Waals surface area contributed by atoms with E-state index in [1.165, 1.54) is 48.5 Å². The number of aliphatic hydroxyl groups is 4.